The number of methoxy groups -OCH3 is 1. The predicted molar refractivity (Wildman–Crippen MR) is 136 cm³/mol. The molecule has 1 amide bonds. The number of rotatable bonds is 9. The summed E-state index contributed by atoms with van der Waals surface area (Å²) in [6.07, 6.45) is 1.49. The van der Waals surface area contributed by atoms with Crippen LogP contribution in [0.5, 0.6) is 0 Å². The number of anilines is 2. The zero-order valence-corrected chi connectivity index (χ0v) is 20.4. The molecular weight excluding hydrogens is 464 g/mol. The molecule has 4 rings (SSSR count). The molecule has 0 aliphatic rings. The number of nitrogen functional groups attached to an aromatic ring is 1. The number of hydrogen-bond donors (Lipinski definition) is 2. The normalized spacial score (nSPS) is 11.2. The maximum absolute atomic E-state index is 14.1. The van der Waals surface area contributed by atoms with Gasteiger partial charge in [0.1, 0.15) is 5.82 Å². The third-order valence-corrected chi connectivity index (χ3v) is 5.90. The molecule has 0 aliphatic heterocycles. The summed E-state index contributed by atoms with van der Waals surface area (Å²) in [5.41, 5.74) is 7.00. The number of benzene rings is 1. The number of pyridine rings is 1. The second-order valence-electron chi connectivity index (χ2n) is 8.32. The van der Waals surface area contributed by atoms with Gasteiger partial charge in [-0.1, -0.05) is 48.8 Å². The van der Waals surface area contributed by atoms with Gasteiger partial charge in [0.05, 0.1) is 28.9 Å². The van der Waals surface area contributed by atoms with Gasteiger partial charge in [0.15, 0.2) is 5.69 Å². The Morgan fingerprint density at radius 2 is 2.00 bits per heavy atom. The average molecular weight is 493 g/mol. The maximum atomic E-state index is 14.1. The predicted octanol–water partition coefficient (Wildman–Crippen LogP) is 2.72. The molecule has 11 heteroatoms. The highest BCUT2D eigenvalue weighted by Gasteiger charge is 2.28. The third-order valence-electron chi connectivity index (χ3n) is 5.90. The number of H-pyrrole nitrogens is 1. The summed E-state index contributed by atoms with van der Waals surface area (Å²) in [6, 6.07) is 11.0. The van der Waals surface area contributed by atoms with Gasteiger partial charge in [-0.25, -0.2) is 9.78 Å². The minimum absolute atomic E-state index is 0.0173. The van der Waals surface area contributed by atoms with Gasteiger partial charge in [-0.05, 0) is 19.4 Å². The van der Waals surface area contributed by atoms with Crippen LogP contribution in [0.25, 0.3) is 22.4 Å². The molecule has 3 N–H and O–H groups in total. The van der Waals surface area contributed by atoms with Crippen LogP contribution in [0.3, 0.4) is 0 Å². The van der Waals surface area contributed by atoms with Gasteiger partial charge in [-0.3, -0.25) is 24.0 Å². The van der Waals surface area contributed by atoms with Gasteiger partial charge in [-0.2, -0.15) is 0 Å². The number of ether oxygens (including phenoxy) is 1. The fourth-order valence-electron chi connectivity index (χ4n) is 4.04. The van der Waals surface area contributed by atoms with Gasteiger partial charge < -0.3 is 15.0 Å². The Labute approximate surface area is 206 Å². The SMILES string of the molecule is CCCCn1c(N)c(N(CCOC)C(=O)c2cc(-c3ccccc3)nc3onc(C)c23)c(=O)[nH]c1=O. The Morgan fingerprint density at radius 1 is 1.25 bits per heavy atom. The molecule has 188 valence electrons. The number of hydrogen-bond acceptors (Lipinski definition) is 8. The van der Waals surface area contributed by atoms with Crippen molar-refractivity contribution in [2.24, 2.45) is 0 Å². The van der Waals surface area contributed by atoms with Crippen LogP contribution in [0.15, 0.2) is 50.5 Å². The van der Waals surface area contributed by atoms with Crippen LogP contribution in [0.2, 0.25) is 0 Å². The van der Waals surface area contributed by atoms with Gasteiger partial charge >= 0.3 is 5.69 Å². The highest BCUT2D eigenvalue weighted by atomic mass is 16.5. The lowest BCUT2D eigenvalue weighted by Gasteiger charge is -2.24. The highest BCUT2D eigenvalue weighted by Crippen LogP contribution is 2.29. The van der Waals surface area contributed by atoms with E-state index >= 15 is 0 Å². The molecule has 3 aromatic heterocycles. The smallest absolute Gasteiger partial charge is 0.330 e. The number of amides is 1. The van der Waals surface area contributed by atoms with Crippen LogP contribution in [0.1, 0.15) is 35.8 Å². The molecule has 0 radical (unpaired) electrons. The molecule has 1 aromatic carbocycles. The molecule has 0 bridgehead atoms. The van der Waals surface area contributed by atoms with E-state index in [2.05, 4.69) is 15.1 Å². The topological polar surface area (TPSA) is 149 Å². The number of aromatic nitrogens is 4. The number of carbonyl (C=O) groups excluding carboxylic acids is 1. The highest BCUT2D eigenvalue weighted by molar-refractivity contribution is 6.14. The van der Waals surface area contributed by atoms with Crippen molar-refractivity contribution in [3.63, 3.8) is 0 Å². The lowest BCUT2D eigenvalue weighted by molar-refractivity contribution is 0.0977. The molecule has 11 nitrogen and oxygen atoms in total. The molecular formula is C25H28N6O5. The van der Waals surface area contributed by atoms with Crippen LogP contribution < -0.4 is 21.9 Å². The molecule has 0 spiro atoms. The van der Waals surface area contributed by atoms with E-state index in [1.54, 1.807) is 13.0 Å². The van der Waals surface area contributed by atoms with Crippen LogP contribution >= 0.6 is 0 Å². The number of fused-ring (bicyclic) bond motifs is 1. The molecule has 0 saturated heterocycles. The summed E-state index contributed by atoms with van der Waals surface area (Å²) in [6.45, 7) is 4.13. The van der Waals surface area contributed by atoms with Crippen molar-refractivity contribution >= 4 is 28.5 Å². The zero-order chi connectivity index (χ0) is 25.8. The van der Waals surface area contributed by atoms with E-state index < -0.39 is 17.2 Å². The third kappa shape index (κ3) is 4.65. The van der Waals surface area contributed by atoms with Gasteiger partial charge in [0.2, 0.25) is 0 Å². The minimum Gasteiger partial charge on any atom is -0.383 e. The quantitative estimate of drug-likeness (QED) is 0.362. The number of nitrogens with zero attached hydrogens (tertiary/aromatic N) is 4. The summed E-state index contributed by atoms with van der Waals surface area (Å²) in [7, 11) is 1.49. The Balaban J connectivity index is 1.92. The van der Waals surface area contributed by atoms with Gasteiger partial charge in [0.25, 0.3) is 17.2 Å². The van der Waals surface area contributed by atoms with Crippen LogP contribution in [-0.4, -0.2) is 45.9 Å². The molecule has 0 fully saturated rings. The van der Waals surface area contributed by atoms with Crippen LogP contribution in [0, 0.1) is 6.92 Å². The van der Waals surface area contributed by atoms with Crippen LogP contribution in [0.4, 0.5) is 11.5 Å². The van der Waals surface area contributed by atoms with E-state index in [0.29, 0.717) is 29.7 Å². The zero-order valence-electron chi connectivity index (χ0n) is 20.4. The van der Waals surface area contributed by atoms with Crippen molar-refractivity contribution < 1.29 is 14.1 Å². The van der Waals surface area contributed by atoms with E-state index in [1.165, 1.54) is 16.6 Å². The first-order chi connectivity index (χ1) is 17.4. The Hall–Kier alpha value is -4.25. The van der Waals surface area contributed by atoms with Crippen molar-refractivity contribution in [1.29, 1.82) is 0 Å². The molecule has 0 unspecified atom stereocenters. The van der Waals surface area contributed by atoms with Gasteiger partial charge in [0, 0.05) is 25.8 Å². The summed E-state index contributed by atoms with van der Waals surface area (Å²) >= 11 is 0. The number of nitrogens with one attached hydrogen (secondary N) is 1. The van der Waals surface area contributed by atoms with E-state index in [4.69, 9.17) is 15.0 Å². The van der Waals surface area contributed by atoms with E-state index in [-0.39, 0.29) is 35.9 Å². The standard InChI is InChI=1S/C25H28N6O5/c1-4-5-11-31-21(26)20(22(32)28-25(31)34)30(12-13-35-3)24(33)17-14-18(16-9-7-6-8-10-16)27-23-19(17)15(2)29-36-23/h6-10,14H,4-5,11-13,26H2,1-3H3,(H,28,32,34). The largest absolute Gasteiger partial charge is 0.383 e. The first kappa shape index (κ1) is 24.9. The lowest BCUT2D eigenvalue weighted by atomic mass is 10.0. The number of carbonyl (C=O) groups is 1. The first-order valence-electron chi connectivity index (χ1n) is 11.6. The van der Waals surface area contributed by atoms with Crippen molar-refractivity contribution in [2.45, 2.75) is 33.2 Å². The lowest BCUT2D eigenvalue weighted by Crippen LogP contribution is -2.42. The van der Waals surface area contributed by atoms with Crippen LogP contribution in [-0.2, 0) is 11.3 Å². The fraction of sp³-hybridized carbons (Fsp3) is 0.320. The molecule has 4 aromatic rings. The van der Waals surface area contributed by atoms with Crippen molar-refractivity contribution in [3.8, 4) is 11.3 Å². The minimum atomic E-state index is -0.759. The number of nitrogens with two attached hydrogens (primary N) is 1. The Kier molecular flexibility index (Phi) is 7.30. The van der Waals surface area contributed by atoms with Gasteiger partial charge in [-0.15, -0.1) is 0 Å². The average Bonchev–Trinajstić information content (AvgIpc) is 3.26. The number of aryl methyl sites for hydroxylation is 1. The van der Waals surface area contributed by atoms with Crippen molar-refractivity contribution in [3.05, 3.63) is 68.5 Å². The summed E-state index contributed by atoms with van der Waals surface area (Å²) in [5.74, 6) is -0.613. The van der Waals surface area contributed by atoms with Crippen molar-refractivity contribution in [1.82, 2.24) is 19.7 Å². The molecule has 3 heterocycles. The summed E-state index contributed by atoms with van der Waals surface area (Å²) in [4.78, 5) is 47.6. The Bertz CT molecular complexity index is 1510. The number of aromatic amines is 1. The first-order valence-corrected chi connectivity index (χ1v) is 11.6. The maximum Gasteiger partial charge on any atom is 0.330 e. The molecule has 36 heavy (non-hydrogen) atoms. The fourth-order valence-corrected chi connectivity index (χ4v) is 4.04. The molecule has 0 atom stereocenters. The summed E-state index contributed by atoms with van der Waals surface area (Å²) in [5, 5.41) is 4.42. The second kappa shape index (κ2) is 10.6. The second-order valence-corrected chi connectivity index (χ2v) is 8.32. The van der Waals surface area contributed by atoms with E-state index in [1.807, 2.05) is 37.3 Å². The molecule has 0 saturated carbocycles. The monoisotopic (exact) mass is 492 g/mol. The Morgan fingerprint density at radius 3 is 2.69 bits per heavy atom. The van der Waals surface area contributed by atoms with Crippen molar-refractivity contribution in [2.75, 3.05) is 30.9 Å². The van der Waals surface area contributed by atoms with E-state index in [9.17, 15) is 14.4 Å². The van der Waals surface area contributed by atoms with E-state index in [0.717, 1.165) is 12.0 Å². The summed E-state index contributed by atoms with van der Waals surface area (Å²) < 4.78 is 11.9. The number of unbranched alkanes of at least 4 members (excludes halogenated alkanes) is 1. The molecule has 0 aliphatic carbocycles.